The Morgan fingerprint density at radius 1 is 1.40 bits per heavy atom. The third kappa shape index (κ3) is 1.31. The Hall–Kier alpha value is -0.510. The summed E-state index contributed by atoms with van der Waals surface area (Å²) in [5.41, 5.74) is 0. The first-order valence-electron chi connectivity index (χ1n) is 3.03. The van der Waals surface area contributed by atoms with Crippen molar-refractivity contribution >= 4 is 22.2 Å². The first-order valence-corrected chi connectivity index (χ1v) is 3.85. The van der Waals surface area contributed by atoms with Crippen molar-refractivity contribution in [3.8, 4) is 0 Å². The summed E-state index contributed by atoms with van der Waals surface area (Å²) in [5.74, 6) is -0.164. The van der Waals surface area contributed by atoms with E-state index in [0.29, 0.717) is 11.8 Å². The fourth-order valence-corrected chi connectivity index (χ4v) is 1.39. The van der Waals surface area contributed by atoms with Gasteiger partial charge in [-0.05, 0) is 6.92 Å². The van der Waals surface area contributed by atoms with Crippen LogP contribution in [-0.2, 0) is 9.53 Å². The molecule has 3 nitrogen and oxygen atoms in total. The zero-order chi connectivity index (χ0) is 7.72. The molecule has 1 fully saturated rings. The molecule has 2 atom stereocenters. The van der Waals surface area contributed by atoms with Gasteiger partial charge in [0.2, 0.25) is 5.12 Å². The van der Waals surface area contributed by atoms with Crippen molar-refractivity contribution in [1.82, 2.24) is 0 Å². The standard InChI is InChI=1S/C6H8O3S/c1-3-4(2)9-6(8)10-5(3)7/h3-4H,1-2H3/t3-,4+/m0/s1. The maximum absolute atomic E-state index is 10.9. The summed E-state index contributed by atoms with van der Waals surface area (Å²) >= 11 is 0.653. The molecule has 1 saturated heterocycles. The molecule has 0 aromatic carbocycles. The average Bonchev–Trinajstić information content (AvgIpc) is 1.82. The first-order chi connectivity index (χ1) is 4.61. The number of hydrogen-bond acceptors (Lipinski definition) is 4. The Morgan fingerprint density at radius 3 is 2.50 bits per heavy atom. The van der Waals surface area contributed by atoms with Crippen molar-refractivity contribution in [2.24, 2.45) is 5.92 Å². The van der Waals surface area contributed by atoms with Gasteiger partial charge < -0.3 is 4.74 Å². The van der Waals surface area contributed by atoms with E-state index in [2.05, 4.69) is 0 Å². The summed E-state index contributed by atoms with van der Waals surface area (Å²) in [6.45, 7) is 3.48. The van der Waals surface area contributed by atoms with E-state index in [-0.39, 0.29) is 17.1 Å². The molecule has 1 heterocycles. The quantitative estimate of drug-likeness (QED) is 0.503. The lowest BCUT2D eigenvalue weighted by atomic mass is 10.1. The molecular weight excluding hydrogens is 152 g/mol. The third-order valence-corrected chi connectivity index (χ3v) is 2.38. The van der Waals surface area contributed by atoms with Crippen LogP contribution in [0, 0.1) is 5.92 Å². The summed E-state index contributed by atoms with van der Waals surface area (Å²) in [4.78, 5) is 21.4. The van der Waals surface area contributed by atoms with Crippen LogP contribution >= 0.6 is 11.8 Å². The molecule has 1 aliphatic rings. The molecular formula is C6H8O3S. The van der Waals surface area contributed by atoms with Gasteiger partial charge in [-0.25, -0.2) is 4.79 Å². The summed E-state index contributed by atoms with van der Waals surface area (Å²) in [6, 6.07) is 0. The predicted octanol–water partition coefficient (Wildman–Crippen LogP) is 1.42. The minimum atomic E-state index is -0.476. The monoisotopic (exact) mass is 160 g/mol. The molecule has 0 bridgehead atoms. The largest absolute Gasteiger partial charge is 0.453 e. The lowest BCUT2D eigenvalue weighted by Crippen LogP contribution is -2.31. The maximum Gasteiger partial charge on any atom is 0.375 e. The summed E-state index contributed by atoms with van der Waals surface area (Å²) < 4.78 is 4.77. The van der Waals surface area contributed by atoms with Gasteiger partial charge in [-0.3, -0.25) is 4.79 Å². The van der Waals surface area contributed by atoms with Gasteiger partial charge in [0.25, 0.3) is 0 Å². The second kappa shape index (κ2) is 2.62. The SMILES string of the molecule is C[C@@H]1C(=O)SC(=O)O[C@@H]1C. The van der Waals surface area contributed by atoms with Crippen LogP contribution in [-0.4, -0.2) is 16.5 Å². The molecule has 0 unspecified atom stereocenters. The molecule has 0 aromatic heterocycles. The van der Waals surface area contributed by atoms with Crippen molar-refractivity contribution in [2.75, 3.05) is 0 Å². The number of thioether (sulfide) groups is 1. The highest BCUT2D eigenvalue weighted by Gasteiger charge is 2.31. The summed E-state index contributed by atoms with van der Waals surface area (Å²) in [5, 5.41) is -0.570. The smallest absolute Gasteiger partial charge is 0.375 e. The second-order valence-electron chi connectivity index (χ2n) is 2.28. The number of cyclic esters (lactones) is 1. The Balaban J connectivity index is 2.66. The van der Waals surface area contributed by atoms with E-state index >= 15 is 0 Å². The van der Waals surface area contributed by atoms with Gasteiger partial charge in [0.1, 0.15) is 6.10 Å². The van der Waals surface area contributed by atoms with E-state index in [1.54, 1.807) is 13.8 Å². The van der Waals surface area contributed by atoms with Gasteiger partial charge in [-0.1, -0.05) is 6.92 Å². The molecule has 56 valence electrons. The van der Waals surface area contributed by atoms with E-state index in [1.807, 2.05) is 0 Å². The normalized spacial score (nSPS) is 33.8. The van der Waals surface area contributed by atoms with Crippen LogP contribution in [0.1, 0.15) is 13.8 Å². The number of hydrogen-bond donors (Lipinski definition) is 0. The zero-order valence-electron chi connectivity index (χ0n) is 5.79. The van der Waals surface area contributed by atoms with Gasteiger partial charge in [0, 0.05) is 11.8 Å². The Labute approximate surface area is 63.1 Å². The van der Waals surface area contributed by atoms with Crippen LogP contribution in [0.5, 0.6) is 0 Å². The first kappa shape index (κ1) is 7.60. The van der Waals surface area contributed by atoms with Crippen molar-refractivity contribution in [1.29, 1.82) is 0 Å². The van der Waals surface area contributed by atoms with Crippen LogP contribution in [0.25, 0.3) is 0 Å². The van der Waals surface area contributed by atoms with Gasteiger partial charge in [0.15, 0.2) is 0 Å². The van der Waals surface area contributed by atoms with Crippen LogP contribution in [0.15, 0.2) is 0 Å². The molecule has 0 radical (unpaired) electrons. The van der Waals surface area contributed by atoms with E-state index in [9.17, 15) is 9.59 Å². The minimum Gasteiger partial charge on any atom is -0.453 e. The molecule has 0 spiro atoms. The topological polar surface area (TPSA) is 43.4 Å². The van der Waals surface area contributed by atoms with Crippen molar-refractivity contribution in [3.63, 3.8) is 0 Å². The molecule has 10 heavy (non-hydrogen) atoms. The Morgan fingerprint density at radius 2 is 2.00 bits per heavy atom. The Bertz CT molecular complexity index is 178. The molecule has 4 heteroatoms. The highest BCUT2D eigenvalue weighted by atomic mass is 32.2. The number of carbonyl (C=O) groups excluding carboxylic acids is 2. The van der Waals surface area contributed by atoms with Crippen molar-refractivity contribution in [2.45, 2.75) is 20.0 Å². The fourth-order valence-electron chi connectivity index (χ4n) is 0.645. The molecule has 0 saturated carbocycles. The van der Waals surface area contributed by atoms with Gasteiger partial charge in [-0.2, -0.15) is 0 Å². The van der Waals surface area contributed by atoms with E-state index < -0.39 is 5.30 Å². The van der Waals surface area contributed by atoms with Crippen LogP contribution in [0.3, 0.4) is 0 Å². The van der Waals surface area contributed by atoms with Crippen LogP contribution < -0.4 is 0 Å². The lowest BCUT2D eigenvalue weighted by Gasteiger charge is -2.22. The zero-order valence-corrected chi connectivity index (χ0v) is 6.60. The molecule has 0 aromatic rings. The highest BCUT2D eigenvalue weighted by molar-refractivity contribution is 8.25. The fraction of sp³-hybridized carbons (Fsp3) is 0.667. The number of rotatable bonds is 0. The number of carbonyl (C=O) groups is 2. The Kier molecular flexibility index (Phi) is 1.99. The predicted molar refractivity (Wildman–Crippen MR) is 37.7 cm³/mol. The van der Waals surface area contributed by atoms with Crippen molar-refractivity contribution < 1.29 is 14.3 Å². The molecule has 0 aliphatic carbocycles. The highest BCUT2D eigenvalue weighted by Crippen LogP contribution is 2.25. The summed E-state index contributed by atoms with van der Waals surface area (Å²) in [6.07, 6.45) is -0.263. The number of ether oxygens (including phenoxy) is 1. The maximum atomic E-state index is 10.9. The minimum absolute atomic E-state index is 0.0937. The summed E-state index contributed by atoms with van der Waals surface area (Å²) in [7, 11) is 0. The molecule has 0 amide bonds. The second-order valence-corrected chi connectivity index (χ2v) is 3.22. The molecule has 1 aliphatic heterocycles. The van der Waals surface area contributed by atoms with Gasteiger partial charge in [-0.15, -0.1) is 0 Å². The average molecular weight is 160 g/mol. The van der Waals surface area contributed by atoms with Gasteiger partial charge in [0.05, 0.1) is 5.92 Å². The van der Waals surface area contributed by atoms with Gasteiger partial charge >= 0.3 is 5.30 Å². The van der Waals surface area contributed by atoms with Crippen LogP contribution in [0.4, 0.5) is 4.79 Å². The van der Waals surface area contributed by atoms with E-state index in [4.69, 9.17) is 4.74 Å². The van der Waals surface area contributed by atoms with Crippen molar-refractivity contribution in [3.05, 3.63) is 0 Å². The molecule has 1 rings (SSSR count). The van der Waals surface area contributed by atoms with E-state index in [1.165, 1.54) is 0 Å². The lowest BCUT2D eigenvalue weighted by molar-refractivity contribution is -0.117. The van der Waals surface area contributed by atoms with E-state index in [0.717, 1.165) is 0 Å². The third-order valence-electron chi connectivity index (χ3n) is 1.54. The molecule has 0 N–H and O–H groups in total. The van der Waals surface area contributed by atoms with Crippen LogP contribution in [0.2, 0.25) is 0 Å².